The standard InChI is InChI=1S/C6H8N2O2S/c1-2-5-7-4(8-11-5)3-6(9)10/h2-3H2,1H3,(H,9,10). The molecule has 0 bridgehead atoms. The molecule has 11 heavy (non-hydrogen) atoms. The van der Waals surface area contributed by atoms with Gasteiger partial charge in [-0.2, -0.15) is 4.37 Å². The van der Waals surface area contributed by atoms with Crippen molar-refractivity contribution in [1.29, 1.82) is 0 Å². The lowest BCUT2D eigenvalue weighted by Gasteiger charge is -1.84. The van der Waals surface area contributed by atoms with E-state index in [0.29, 0.717) is 5.82 Å². The van der Waals surface area contributed by atoms with Gasteiger partial charge >= 0.3 is 5.97 Å². The van der Waals surface area contributed by atoms with E-state index < -0.39 is 5.97 Å². The number of aliphatic carboxylic acids is 1. The normalized spacial score (nSPS) is 9.91. The number of carboxylic acids is 1. The molecule has 0 aliphatic heterocycles. The first-order chi connectivity index (χ1) is 5.22. The van der Waals surface area contributed by atoms with Crippen LogP contribution in [-0.2, 0) is 17.6 Å². The topological polar surface area (TPSA) is 63.1 Å². The number of rotatable bonds is 3. The summed E-state index contributed by atoms with van der Waals surface area (Å²) in [6, 6.07) is 0. The van der Waals surface area contributed by atoms with Crippen LogP contribution in [0.25, 0.3) is 0 Å². The third kappa shape index (κ3) is 2.27. The molecule has 0 amide bonds. The predicted octanol–water partition coefficient (Wildman–Crippen LogP) is 0.728. The maximum absolute atomic E-state index is 10.2. The van der Waals surface area contributed by atoms with E-state index in [9.17, 15) is 4.79 Å². The molecule has 0 saturated heterocycles. The summed E-state index contributed by atoms with van der Waals surface area (Å²) in [7, 11) is 0. The number of nitrogens with zero attached hydrogens (tertiary/aromatic N) is 2. The van der Waals surface area contributed by atoms with E-state index >= 15 is 0 Å². The Labute approximate surface area is 68.1 Å². The van der Waals surface area contributed by atoms with Crippen molar-refractivity contribution < 1.29 is 9.90 Å². The van der Waals surface area contributed by atoms with Crippen molar-refractivity contribution in [3.05, 3.63) is 10.8 Å². The average molecular weight is 172 g/mol. The lowest BCUT2D eigenvalue weighted by molar-refractivity contribution is -0.136. The Balaban J connectivity index is 2.65. The summed E-state index contributed by atoms with van der Waals surface area (Å²) in [5.41, 5.74) is 0. The molecule has 0 atom stereocenters. The molecule has 60 valence electrons. The molecule has 0 radical (unpaired) electrons. The van der Waals surface area contributed by atoms with E-state index in [2.05, 4.69) is 9.36 Å². The van der Waals surface area contributed by atoms with Crippen molar-refractivity contribution in [2.75, 3.05) is 0 Å². The van der Waals surface area contributed by atoms with Gasteiger partial charge in [-0.3, -0.25) is 4.79 Å². The van der Waals surface area contributed by atoms with Crippen molar-refractivity contribution in [2.24, 2.45) is 0 Å². The predicted molar refractivity (Wildman–Crippen MR) is 40.6 cm³/mol. The van der Waals surface area contributed by atoms with E-state index in [4.69, 9.17) is 5.11 Å². The van der Waals surface area contributed by atoms with Gasteiger partial charge in [-0.05, 0) is 18.0 Å². The number of hydrogen-bond acceptors (Lipinski definition) is 4. The number of aryl methyl sites for hydroxylation is 1. The average Bonchev–Trinajstić information content (AvgIpc) is 2.34. The molecular formula is C6H8N2O2S. The zero-order valence-electron chi connectivity index (χ0n) is 6.07. The van der Waals surface area contributed by atoms with Crippen LogP contribution in [0.5, 0.6) is 0 Å². The van der Waals surface area contributed by atoms with Gasteiger partial charge in [0.05, 0.1) is 0 Å². The Morgan fingerprint density at radius 1 is 1.73 bits per heavy atom. The molecule has 1 aromatic rings. The first-order valence-corrected chi connectivity index (χ1v) is 4.03. The summed E-state index contributed by atoms with van der Waals surface area (Å²) in [6.45, 7) is 1.96. The quantitative estimate of drug-likeness (QED) is 0.730. The zero-order valence-corrected chi connectivity index (χ0v) is 6.89. The van der Waals surface area contributed by atoms with Crippen LogP contribution in [0.4, 0.5) is 0 Å². The fraction of sp³-hybridized carbons (Fsp3) is 0.500. The monoisotopic (exact) mass is 172 g/mol. The fourth-order valence-corrected chi connectivity index (χ4v) is 1.23. The third-order valence-corrected chi connectivity index (χ3v) is 2.01. The molecule has 0 aromatic carbocycles. The molecule has 1 aromatic heterocycles. The highest BCUT2D eigenvalue weighted by atomic mass is 32.1. The highest BCUT2D eigenvalue weighted by Gasteiger charge is 2.05. The molecule has 1 heterocycles. The first-order valence-electron chi connectivity index (χ1n) is 3.25. The van der Waals surface area contributed by atoms with Gasteiger partial charge in [-0.25, -0.2) is 4.98 Å². The van der Waals surface area contributed by atoms with Gasteiger partial charge in [-0.1, -0.05) is 6.92 Å². The Morgan fingerprint density at radius 3 is 2.91 bits per heavy atom. The van der Waals surface area contributed by atoms with E-state index in [1.54, 1.807) is 0 Å². The second-order valence-electron chi connectivity index (χ2n) is 2.03. The second-order valence-corrected chi connectivity index (χ2v) is 2.86. The van der Waals surface area contributed by atoms with Gasteiger partial charge in [0.1, 0.15) is 11.4 Å². The molecule has 1 N–H and O–H groups in total. The van der Waals surface area contributed by atoms with Crippen LogP contribution in [0.2, 0.25) is 0 Å². The summed E-state index contributed by atoms with van der Waals surface area (Å²) in [5, 5.41) is 9.26. The number of carbonyl (C=O) groups is 1. The molecule has 5 heteroatoms. The van der Waals surface area contributed by atoms with Gasteiger partial charge in [-0.15, -0.1) is 0 Å². The molecule has 0 saturated carbocycles. The number of carboxylic acid groups (broad SMARTS) is 1. The Hall–Kier alpha value is -0.970. The van der Waals surface area contributed by atoms with Gasteiger partial charge in [0.15, 0.2) is 5.82 Å². The van der Waals surface area contributed by atoms with Gasteiger partial charge < -0.3 is 5.11 Å². The van der Waals surface area contributed by atoms with Gasteiger partial charge in [0.2, 0.25) is 0 Å². The molecule has 0 aliphatic rings. The molecule has 4 nitrogen and oxygen atoms in total. The van der Waals surface area contributed by atoms with Crippen molar-refractivity contribution in [2.45, 2.75) is 19.8 Å². The highest BCUT2D eigenvalue weighted by molar-refractivity contribution is 7.05. The van der Waals surface area contributed by atoms with Crippen molar-refractivity contribution in [1.82, 2.24) is 9.36 Å². The number of hydrogen-bond donors (Lipinski definition) is 1. The zero-order chi connectivity index (χ0) is 8.27. The Kier molecular flexibility index (Phi) is 2.53. The van der Waals surface area contributed by atoms with Crippen LogP contribution in [0.15, 0.2) is 0 Å². The summed E-state index contributed by atoms with van der Waals surface area (Å²) >= 11 is 1.27. The molecule has 0 unspecified atom stereocenters. The molecule has 1 rings (SSSR count). The van der Waals surface area contributed by atoms with Crippen molar-refractivity contribution in [3.8, 4) is 0 Å². The van der Waals surface area contributed by atoms with Crippen LogP contribution in [0, 0.1) is 0 Å². The Morgan fingerprint density at radius 2 is 2.45 bits per heavy atom. The summed E-state index contributed by atoms with van der Waals surface area (Å²) in [4.78, 5) is 14.2. The fourth-order valence-electron chi connectivity index (χ4n) is 0.641. The lowest BCUT2D eigenvalue weighted by Crippen LogP contribution is -2.01. The first kappa shape index (κ1) is 8.13. The minimum Gasteiger partial charge on any atom is -0.481 e. The summed E-state index contributed by atoms with van der Waals surface area (Å²) in [5.74, 6) is -0.468. The van der Waals surface area contributed by atoms with E-state index in [1.807, 2.05) is 6.92 Å². The van der Waals surface area contributed by atoms with Crippen LogP contribution in [0.3, 0.4) is 0 Å². The summed E-state index contributed by atoms with van der Waals surface area (Å²) in [6.07, 6.45) is 0.744. The highest BCUT2D eigenvalue weighted by Crippen LogP contribution is 2.05. The largest absolute Gasteiger partial charge is 0.481 e. The second kappa shape index (κ2) is 3.43. The SMILES string of the molecule is CCc1nc(CC(=O)O)ns1. The Bertz CT molecular complexity index is 259. The smallest absolute Gasteiger partial charge is 0.311 e. The lowest BCUT2D eigenvalue weighted by atomic mass is 10.4. The van der Waals surface area contributed by atoms with E-state index in [1.165, 1.54) is 11.5 Å². The van der Waals surface area contributed by atoms with Gasteiger partial charge in [0, 0.05) is 0 Å². The minimum absolute atomic E-state index is 0.0729. The van der Waals surface area contributed by atoms with Crippen molar-refractivity contribution in [3.63, 3.8) is 0 Å². The molecular weight excluding hydrogens is 164 g/mol. The van der Waals surface area contributed by atoms with Gasteiger partial charge in [0.25, 0.3) is 0 Å². The maximum atomic E-state index is 10.2. The third-order valence-electron chi connectivity index (χ3n) is 1.12. The van der Waals surface area contributed by atoms with E-state index in [0.717, 1.165) is 11.4 Å². The van der Waals surface area contributed by atoms with E-state index in [-0.39, 0.29) is 6.42 Å². The molecule has 0 fully saturated rings. The molecule has 0 aliphatic carbocycles. The van der Waals surface area contributed by atoms with Crippen LogP contribution >= 0.6 is 11.5 Å². The van der Waals surface area contributed by atoms with Crippen LogP contribution in [0.1, 0.15) is 17.8 Å². The summed E-state index contributed by atoms with van der Waals surface area (Å²) < 4.78 is 3.88. The van der Waals surface area contributed by atoms with Crippen LogP contribution in [-0.4, -0.2) is 20.4 Å². The number of aromatic nitrogens is 2. The van der Waals surface area contributed by atoms with Crippen LogP contribution < -0.4 is 0 Å². The maximum Gasteiger partial charge on any atom is 0.311 e. The van der Waals surface area contributed by atoms with Crippen molar-refractivity contribution >= 4 is 17.5 Å². The minimum atomic E-state index is -0.884. The molecule has 0 spiro atoms.